The van der Waals surface area contributed by atoms with E-state index in [4.69, 9.17) is 5.11 Å². The number of aliphatic hydroxyl groups is 1. The minimum Gasteiger partial charge on any atom is -0.395 e. The van der Waals surface area contributed by atoms with Crippen molar-refractivity contribution in [2.75, 3.05) is 13.2 Å². The molecule has 0 aliphatic carbocycles. The monoisotopic (exact) mass is 377 g/mol. The second-order valence-electron chi connectivity index (χ2n) is 7.22. The summed E-state index contributed by atoms with van der Waals surface area (Å²) < 4.78 is 0. The highest BCUT2D eigenvalue weighted by molar-refractivity contribution is 5.87. The van der Waals surface area contributed by atoms with Crippen LogP contribution in [0.2, 0.25) is 0 Å². The predicted octanol–water partition coefficient (Wildman–Crippen LogP) is 6.24. The van der Waals surface area contributed by atoms with Crippen LogP contribution >= 0.6 is 0 Å². The third-order valence-electron chi connectivity index (χ3n) is 4.60. The summed E-state index contributed by atoms with van der Waals surface area (Å²) in [6, 6.07) is 0. The first-order valence-corrected chi connectivity index (χ1v) is 11.2. The molecule has 0 unspecified atom stereocenters. The van der Waals surface area contributed by atoms with Crippen molar-refractivity contribution in [1.29, 1.82) is 0 Å². The summed E-state index contributed by atoms with van der Waals surface area (Å²) in [5.41, 5.74) is 0. The molecule has 156 valence electrons. The lowest BCUT2D eigenvalue weighted by molar-refractivity contribution is -0.116. The zero-order valence-corrected chi connectivity index (χ0v) is 17.6. The summed E-state index contributed by atoms with van der Waals surface area (Å²) in [7, 11) is 0. The third-order valence-corrected chi connectivity index (χ3v) is 4.60. The largest absolute Gasteiger partial charge is 0.395 e. The minimum atomic E-state index is -0.176. The molecule has 0 radical (unpaired) electrons. The lowest BCUT2D eigenvalue weighted by Gasteiger charge is -2.02. The molecule has 0 aliphatic rings. The molecular weight excluding hydrogens is 334 g/mol. The van der Waals surface area contributed by atoms with Crippen molar-refractivity contribution in [2.24, 2.45) is 0 Å². The Kier molecular flexibility index (Phi) is 21.6. The zero-order valence-electron chi connectivity index (χ0n) is 17.6. The molecular formula is C24H43NO2. The van der Waals surface area contributed by atoms with Crippen LogP contribution in [0.5, 0.6) is 0 Å². The number of hydrogen-bond donors (Lipinski definition) is 2. The Bertz CT molecular complexity index is 399. The highest BCUT2D eigenvalue weighted by Gasteiger charge is 1.93. The SMILES string of the molecule is CCCCCCCCCCCCCCCC=CC=CC=CC(=O)NCCO. The van der Waals surface area contributed by atoms with Crippen LogP contribution in [0, 0.1) is 0 Å². The number of carbonyl (C=O) groups excluding carboxylic acids is 1. The van der Waals surface area contributed by atoms with Gasteiger partial charge in [0.15, 0.2) is 0 Å². The standard InChI is InChI=1S/C24H43NO2/c1-2-3-4-5-6-7-8-9-10-11-12-13-14-15-16-17-18-19-20-21-24(27)25-22-23-26/h16-21,26H,2-15,22-23H2,1H3,(H,25,27). The lowest BCUT2D eigenvalue weighted by atomic mass is 10.0. The van der Waals surface area contributed by atoms with E-state index in [0.29, 0.717) is 6.54 Å². The first-order valence-electron chi connectivity index (χ1n) is 11.2. The Morgan fingerprint density at radius 3 is 1.81 bits per heavy atom. The summed E-state index contributed by atoms with van der Waals surface area (Å²) in [5.74, 6) is -0.176. The molecule has 0 atom stereocenters. The molecule has 3 heteroatoms. The average Bonchev–Trinajstić information content (AvgIpc) is 2.68. The van der Waals surface area contributed by atoms with E-state index in [1.54, 1.807) is 6.08 Å². The molecule has 0 aromatic heterocycles. The quantitative estimate of drug-likeness (QED) is 0.159. The predicted molar refractivity (Wildman–Crippen MR) is 118 cm³/mol. The molecule has 2 N–H and O–H groups in total. The molecule has 1 amide bonds. The lowest BCUT2D eigenvalue weighted by Crippen LogP contribution is -2.24. The molecule has 0 aromatic rings. The summed E-state index contributed by atoms with van der Waals surface area (Å²) >= 11 is 0. The molecule has 0 heterocycles. The Morgan fingerprint density at radius 2 is 1.26 bits per heavy atom. The molecule has 0 fully saturated rings. The number of carbonyl (C=O) groups is 1. The summed E-state index contributed by atoms with van der Waals surface area (Å²) in [6.45, 7) is 2.54. The topological polar surface area (TPSA) is 49.3 Å². The number of aliphatic hydroxyl groups excluding tert-OH is 1. The number of rotatable bonds is 19. The zero-order chi connectivity index (χ0) is 19.8. The fourth-order valence-corrected chi connectivity index (χ4v) is 2.96. The number of nitrogens with one attached hydrogen (secondary N) is 1. The third kappa shape index (κ3) is 22.6. The van der Waals surface area contributed by atoms with Gasteiger partial charge in [-0.05, 0) is 12.8 Å². The van der Waals surface area contributed by atoms with Crippen LogP contribution in [0.4, 0.5) is 0 Å². The van der Waals surface area contributed by atoms with E-state index in [1.165, 1.54) is 89.5 Å². The molecule has 27 heavy (non-hydrogen) atoms. The fourth-order valence-electron chi connectivity index (χ4n) is 2.96. The molecule has 0 saturated heterocycles. The first kappa shape index (κ1) is 25.6. The van der Waals surface area contributed by atoms with Gasteiger partial charge in [0, 0.05) is 12.6 Å². The minimum absolute atomic E-state index is 0.0304. The van der Waals surface area contributed by atoms with Gasteiger partial charge in [0.25, 0.3) is 0 Å². The number of allylic oxidation sites excluding steroid dienone is 5. The maximum absolute atomic E-state index is 11.2. The van der Waals surface area contributed by atoms with Gasteiger partial charge >= 0.3 is 0 Å². The van der Waals surface area contributed by atoms with Gasteiger partial charge in [0.05, 0.1) is 6.61 Å². The van der Waals surface area contributed by atoms with Gasteiger partial charge < -0.3 is 10.4 Å². The van der Waals surface area contributed by atoms with E-state index in [9.17, 15) is 4.79 Å². The highest BCUT2D eigenvalue weighted by atomic mass is 16.3. The molecule has 0 spiro atoms. The summed E-state index contributed by atoms with van der Waals surface area (Å²) in [5, 5.41) is 11.2. The summed E-state index contributed by atoms with van der Waals surface area (Å²) in [6.07, 6.45) is 30.4. The molecule has 0 bridgehead atoms. The maximum atomic E-state index is 11.2. The van der Waals surface area contributed by atoms with Crippen LogP contribution in [0.15, 0.2) is 36.5 Å². The summed E-state index contributed by atoms with van der Waals surface area (Å²) in [4.78, 5) is 11.2. The van der Waals surface area contributed by atoms with Crippen molar-refractivity contribution in [3.63, 3.8) is 0 Å². The Balaban J connectivity index is 3.30. The second-order valence-corrected chi connectivity index (χ2v) is 7.22. The molecule has 0 rings (SSSR count). The van der Waals surface area contributed by atoms with E-state index >= 15 is 0 Å². The van der Waals surface area contributed by atoms with Crippen LogP contribution in [-0.4, -0.2) is 24.2 Å². The molecule has 0 saturated carbocycles. The highest BCUT2D eigenvalue weighted by Crippen LogP contribution is 2.12. The van der Waals surface area contributed by atoms with Gasteiger partial charge in [-0.1, -0.05) is 114 Å². The van der Waals surface area contributed by atoms with Crippen molar-refractivity contribution in [3.8, 4) is 0 Å². The Labute approximate surface area is 168 Å². The smallest absolute Gasteiger partial charge is 0.244 e. The van der Waals surface area contributed by atoms with Crippen LogP contribution in [-0.2, 0) is 4.79 Å². The normalized spacial score (nSPS) is 11.9. The van der Waals surface area contributed by atoms with Crippen LogP contribution in [0.1, 0.15) is 96.8 Å². The number of amides is 1. The van der Waals surface area contributed by atoms with Gasteiger partial charge in [0.2, 0.25) is 5.91 Å². The molecule has 0 aromatic carbocycles. The van der Waals surface area contributed by atoms with Gasteiger partial charge in [0.1, 0.15) is 0 Å². The van der Waals surface area contributed by atoms with Gasteiger partial charge in [-0.2, -0.15) is 0 Å². The van der Waals surface area contributed by atoms with Crippen LogP contribution in [0.25, 0.3) is 0 Å². The van der Waals surface area contributed by atoms with E-state index in [-0.39, 0.29) is 12.5 Å². The second kappa shape index (κ2) is 22.7. The molecule has 3 nitrogen and oxygen atoms in total. The Morgan fingerprint density at radius 1 is 0.741 bits per heavy atom. The van der Waals surface area contributed by atoms with Gasteiger partial charge in [-0.25, -0.2) is 0 Å². The van der Waals surface area contributed by atoms with Crippen molar-refractivity contribution in [1.82, 2.24) is 5.32 Å². The van der Waals surface area contributed by atoms with Crippen molar-refractivity contribution >= 4 is 5.91 Å². The molecule has 0 aliphatic heterocycles. The van der Waals surface area contributed by atoms with Crippen molar-refractivity contribution in [3.05, 3.63) is 36.5 Å². The maximum Gasteiger partial charge on any atom is 0.244 e. The van der Waals surface area contributed by atoms with Crippen LogP contribution < -0.4 is 5.32 Å². The van der Waals surface area contributed by atoms with E-state index in [0.717, 1.165) is 6.42 Å². The number of hydrogen-bond acceptors (Lipinski definition) is 2. The Hall–Kier alpha value is -1.35. The average molecular weight is 378 g/mol. The first-order chi connectivity index (χ1) is 13.3. The van der Waals surface area contributed by atoms with Gasteiger partial charge in [-0.3, -0.25) is 4.79 Å². The van der Waals surface area contributed by atoms with Crippen molar-refractivity contribution < 1.29 is 9.90 Å². The van der Waals surface area contributed by atoms with E-state index in [1.807, 2.05) is 18.2 Å². The van der Waals surface area contributed by atoms with E-state index in [2.05, 4.69) is 18.3 Å². The van der Waals surface area contributed by atoms with Crippen molar-refractivity contribution in [2.45, 2.75) is 96.8 Å². The van der Waals surface area contributed by atoms with Crippen LogP contribution in [0.3, 0.4) is 0 Å². The number of unbranched alkanes of at least 4 members (excludes halogenated alkanes) is 13. The van der Waals surface area contributed by atoms with Gasteiger partial charge in [-0.15, -0.1) is 0 Å². The van der Waals surface area contributed by atoms with E-state index < -0.39 is 0 Å². The fraction of sp³-hybridized carbons (Fsp3) is 0.708.